The van der Waals surface area contributed by atoms with Crippen LogP contribution in [0, 0.1) is 6.92 Å². The van der Waals surface area contributed by atoms with Crippen molar-refractivity contribution in [1.82, 2.24) is 0 Å². The van der Waals surface area contributed by atoms with Crippen LogP contribution in [0.4, 0.5) is 11.4 Å². The molecule has 0 radical (unpaired) electrons. The number of halogens is 2. The van der Waals surface area contributed by atoms with Gasteiger partial charge in [0.25, 0.3) is 0 Å². The molecular weight excluding hydrogens is 379 g/mol. The second-order valence-electron chi connectivity index (χ2n) is 5.48. The predicted octanol–water partition coefficient (Wildman–Crippen LogP) is 5.00. The van der Waals surface area contributed by atoms with E-state index in [1.54, 1.807) is 25.1 Å². The van der Waals surface area contributed by atoms with Crippen molar-refractivity contribution in [3.05, 3.63) is 58.1 Å². The predicted molar refractivity (Wildman–Crippen MR) is 107 cm³/mol. The first-order valence-electron chi connectivity index (χ1n) is 7.59. The standard InChI is InChI=1S/C18H18Cl2N2O2S/c1-11-3-6-14(7-4-11)21-17(23)10-25-12(2)18(24)22-16-9-13(19)5-8-15(16)20/h3-9,12H,10H2,1-2H3,(H,21,23)(H,22,24). The van der Waals surface area contributed by atoms with Crippen LogP contribution in [-0.2, 0) is 9.59 Å². The van der Waals surface area contributed by atoms with Crippen molar-refractivity contribution in [2.75, 3.05) is 16.4 Å². The monoisotopic (exact) mass is 396 g/mol. The van der Waals surface area contributed by atoms with Crippen LogP contribution in [0.3, 0.4) is 0 Å². The van der Waals surface area contributed by atoms with Crippen LogP contribution >= 0.6 is 35.0 Å². The fourth-order valence-corrected chi connectivity index (χ4v) is 2.96. The smallest absolute Gasteiger partial charge is 0.237 e. The van der Waals surface area contributed by atoms with Crippen molar-refractivity contribution < 1.29 is 9.59 Å². The normalized spacial score (nSPS) is 11.7. The van der Waals surface area contributed by atoms with Crippen molar-refractivity contribution in [3.8, 4) is 0 Å². The first-order valence-corrected chi connectivity index (χ1v) is 9.39. The summed E-state index contributed by atoms with van der Waals surface area (Å²) in [5, 5.41) is 6.00. The van der Waals surface area contributed by atoms with E-state index in [1.165, 1.54) is 11.8 Å². The molecule has 2 N–H and O–H groups in total. The first kappa shape index (κ1) is 19.6. The number of hydrogen-bond acceptors (Lipinski definition) is 3. The Balaban J connectivity index is 1.83. The Morgan fingerprint density at radius 3 is 2.44 bits per heavy atom. The van der Waals surface area contributed by atoms with Gasteiger partial charge in [0.1, 0.15) is 0 Å². The van der Waals surface area contributed by atoms with E-state index >= 15 is 0 Å². The molecular formula is C18H18Cl2N2O2S. The Hall–Kier alpha value is -1.69. The Labute approximate surface area is 161 Å². The number of carbonyl (C=O) groups excluding carboxylic acids is 2. The molecule has 1 unspecified atom stereocenters. The quantitative estimate of drug-likeness (QED) is 0.721. The first-order chi connectivity index (χ1) is 11.8. The zero-order chi connectivity index (χ0) is 18.4. The van der Waals surface area contributed by atoms with E-state index in [2.05, 4.69) is 10.6 Å². The molecule has 0 bridgehead atoms. The fourth-order valence-electron chi connectivity index (χ4n) is 1.94. The van der Waals surface area contributed by atoms with Gasteiger partial charge < -0.3 is 10.6 Å². The van der Waals surface area contributed by atoms with E-state index in [1.807, 2.05) is 31.2 Å². The van der Waals surface area contributed by atoms with Gasteiger partial charge in [-0.1, -0.05) is 40.9 Å². The van der Waals surface area contributed by atoms with Gasteiger partial charge in [0, 0.05) is 10.7 Å². The second kappa shape index (κ2) is 9.13. The number of aryl methyl sites for hydroxylation is 1. The van der Waals surface area contributed by atoms with Crippen molar-refractivity contribution in [2.24, 2.45) is 0 Å². The summed E-state index contributed by atoms with van der Waals surface area (Å²) in [6.07, 6.45) is 0. The van der Waals surface area contributed by atoms with Crippen LogP contribution in [0.15, 0.2) is 42.5 Å². The van der Waals surface area contributed by atoms with Crippen molar-refractivity contribution >= 4 is 58.2 Å². The molecule has 0 fully saturated rings. The highest BCUT2D eigenvalue weighted by molar-refractivity contribution is 8.01. The highest BCUT2D eigenvalue weighted by atomic mass is 35.5. The molecule has 2 aromatic carbocycles. The van der Waals surface area contributed by atoms with E-state index in [-0.39, 0.29) is 17.6 Å². The lowest BCUT2D eigenvalue weighted by Gasteiger charge is -2.13. The molecule has 25 heavy (non-hydrogen) atoms. The average Bonchev–Trinajstić information content (AvgIpc) is 2.58. The summed E-state index contributed by atoms with van der Waals surface area (Å²) in [5.74, 6) is -0.224. The molecule has 0 saturated heterocycles. The number of anilines is 2. The zero-order valence-corrected chi connectivity index (χ0v) is 16.1. The Morgan fingerprint density at radius 2 is 1.76 bits per heavy atom. The van der Waals surface area contributed by atoms with E-state index in [0.29, 0.717) is 15.7 Å². The molecule has 1 atom stereocenters. The Morgan fingerprint density at radius 1 is 1.08 bits per heavy atom. The average molecular weight is 397 g/mol. The summed E-state index contributed by atoms with van der Waals surface area (Å²) in [4.78, 5) is 24.2. The minimum Gasteiger partial charge on any atom is -0.325 e. The van der Waals surface area contributed by atoms with Gasteiger partial charge in [0.15, 0.2) is 0 Å². The molecule has 0 heterocycles. The number of thioether (sulfide) groups is 1. The summed E-state index contributed by atoms with van der Waals surface area (Å²) >= 11 is 13.2. The number of hydrogen-bond donors (Lipinski definition) is 2. The van der Waals surface area contributed by atoms with Crippen molar-refractivity contribution in [2.45, 2.75) is 19.1 Å². The number of carbonyl (C=O) groups is 2. The second-order valence-corrected chi connectivity index (χ2v) is 7.65. The van der Waals surface area contributed by atoms with E-state index in [0.717, 1.165) is 11.3 Å². The lowest BCUT2D eigenvalue weighted by atomic mass is 10.2. The Kier molecular flexibility index (Phi) is 7.17. The van der Waals surface area contributed by atoms with Gasteiger partial charge in [-0.2, -0.15) is 0 Å². The third-order valence-electron chi connectivity index (χ3n) is 3.36. The van der Waals surface area contributed by atoms with E-state index < -0.39 is 5.25 Å². The molecule has 0 aliphatic heterocycles. The van der Waals surface area contributed by atoms with Gasteiger partial charge in [0.05, 0.1) is 21.7 Å². The van der Waals surface area contributed by atoms with Crippen LogP contribution in [-0.4, -0.2) is 22.8 Å². The van der Waals surface area contributed by atoms with Crippen molar-refractivity contribution in [3.63, 3.8) is 0 Å². The Bertz CT molecular complexity index is 766. The van der Waals surface area contributed by atoms with Gasteiger partial charge in [-0.25, -0.2) is 0 Å². The summed E-state index contributed by atoms with van der Waals surface area (Å²) < 4.78 is 0. The zero-order valence-electron chi connectivity index (χ0n) is 13.8. The molecule has 2 amide bonds. The number of amides is 2. The van der Waals surface area contributed by atoms with Crippen LogP contribution in [0.2, 0.25) is 10.0 Å². The molecule has 0 aliphatic carbocycles. The maximum Gasteiger partial charge on any atom is 0.237 e. The van der Waals surface area contributed by atoms with Gasteiger partial charge in [-0.15, -0.1) is 11.8 Å². The number of nitrogens with one attached hydrogen (secondary N) is 2. The maximum absolute atomic E-state index is 12.2. The lowest BCUT2D eigenvalue weighted by molar-refractivity contribution is -0.115. The van der Waals surface area contributed by atoms with E-state index in [4.69, 9.17) is 23.2 Å². The van der Waals surface area contributed by atoms with Crippen LogP contribution in [0.1, 0.15) is 12.5 Å². The van der Waals surface area contributed by atoms with Crippen molar-refractivity contribution in [1.29, 1.82) is 0 Å². The number of rotatable bonds is 6. The largest absolute Gasteiger partial charge is 0.325 e. The molecule has 0 aliphatic rings. The molecule has 2 rings (SSSR count). The maximum atomic E-state index is 12.2. The van der Waals surface area contributed by atoms with Crippen LogP contribution in [0.25, 0.3) is 0 Å². The molecule has 0 spiro atoms. The van der Waals surface area contributed by atoms with Gasteiger partial charge >= 0.3 is 0 Å². The van der Waals surface area contributed by atoms with Gasteiger partial charge in [0.2, 0.25) is 11.8 Å². The molecule has 0 aromatic heterocycles. The number of benzene rings is 2. The minimum absolute atomic E-state index is 0.158. The lowest BCUT2D eigenvalue weighted by Crippen LogP contribution is -2.25. The summed E-state index contributed by atoms with van der Waals surface area (Å²) in [5.41, 5.74) is 2.31. The van der Waals surface area contributed by atoms with Crippen LogP contribution in [0.5, 0.6) is 0 Å². The van der Waals surface area contributed by atoms with E-state index in [9.17, 15) is 9.59 Å². The molecule has 7 heteroatoms. The molecule has 4 nitrogen and oxygen atoms in total. The van der Waals surface area contributed by atoms with Gasteiger partial charge in [-0.3, -0.25) is 9.59 Å². The topological polar surface area (TPSA) is 58.2 Å². The molecule has 132 valence electrons. The summed E-state index contributed by atoms with van der Waals surface area (Å²) in [6.45, 7) is 3.71. The SMILES string of the molecule is Cc1ccc(NC(=O)CSC(C)C(=O)Nc2cc(Cl)ccc2Cl)cc1. The highest BCUT2D eigenvalue weighted by Gasteiger charge is 2.16. The van der Waals surface area contributed by atoms with Gasteiger partial charge in [-0.05, 0) is 44.2 Å². The minimum atomic E-state index is -0.418. The third kappa shape index (κ3) is 6.27. The summed E-state index contributed by atoms with van der Waals surface area (Å²) in [6, 6.07) is 12.4. The molecule has 2 aromatic rings. The molecule has 0 saturated carbocycles. The highest BCUT2D eigenvalue weighted by Crippen LogP contribution is 2.26. The van der Waals surface area contributed by atoms with Crippen LogP contribution < -0.4 is 10.6 Å². The third-order valence-corrected chi connectivity index (χ3v) is 5.06. The summed E-state index contributed by atoms with van der Waals surface area (Å²) in [7, 11) is 0. The fraction of sp³-hybridized carbons (Fsp3) is 0.222.